The number of esters is 1. The molecule has 0 bridgehead atoms. The van der Waals surface area contributed by atoms with Crippen molar-refractivity contribution in [3.05, 3.63) is 90.1 Å². The number of hydrogen-bond acceptors (Lipinski definition) is 4. The van der Waals surface area contributed by atoms with Gasteiger partial charge in [0.05, 0.1) is 11.9 Å². The fourth-order valence-electron chi connectivity index (χ4n) is 5.23. The Morgan fingerprint density at radius 3 is 2.47 bits per heavy atom. The number of pyridine rings is 1. The quantitative estimate of drug-likeness (QED) is 0.214. The molecule has 1 aromatic heterocycles. The van der Waals surface area contributed by atoms with E-state index in [9.17, 15) is 4.79 Å². The van der Waals surface area contributed by atoms with E-state index in [4.69, 9.17) is 10.5 Å². The van der Waals surface area contributed by atoms with E-state index in [0.29, 0.717) is 12.5 Å². The normalized spacial score (nSPS) is 14.0. The molecule has 4 aromatic rings. The molecular weight excluding hydrogens is 444 g/mol. The summed E-state index contributed by atoms with van der Waals surface area (Å²) in [4.78, 5) is 17.9. The first kappa shape index (κ1) is 25.8. The van der Waals surface area contributed by atoms with Crippen molar-refractivity contribution in [3.63, 3.8) is 0 Å². The molecule has 2 N–H and O–H groups in total. The lowest BCUT2D eigenvalue weighted by Gasteiger charge is -2.29. The highest BCUT2D eigenvalue weighted by Crippen LogP contribution is 2.37. The lowest BCUT2D eigenvalue weighted by molar-refractivity contribution is -0.152. The number of fused-ring (bicyclic) bond motifs is 2. The highest BCUT2D eigenvalue weighted by atomic mass is 16.5. The van der Waals surface area contributed by atoms with Gasteiger partial charge in [-0.15, -0.1) is 0 Å². The van der Waals surface area contributed by atoms with Crippen LogP contribution in [0.4, 0.5) is 0 Å². The molecule has 0 saturated heterocycles. The first-order chi connectivity index (χ1) is 17.6. The van der Waals surface area contributed by atoms with Crippen LogP contribution in [0.1, 0.15) is 63.2 Å². The SMILES string of the molecule is CCCC(CCC(CC)CN)C(OC(=O)Cc1ccc2ccccc2c1)c1ccnc2ccccc12. The van der Waals surface area contributed by atoms with Crippen LogP contribution in [0, 0.1) is 11.8 Å². The van der Waals surface area contributed by atoms with Crippen LogP contribution in [0.25, 0.3) is 21.7 Å². The van der Waals surface area contributed by atoms with Gasteiger partial charge in [0, 0.05) is 23.1 Å². The lowest BCUT2D eigenvalue weighted by atomic mass is 9.84. The number of para-hydroxylation sites is 1. The average Bonchev–Trinajstić information content (AvgIpc) is 2.91. The van der Waals surface area contributed by atoms with Crippen LogP contribution >= 0.6 is 0 Å². The maximum absolute atomic E-state index is 13.4. The van der Waals surface area contributed by atoms with E-state index in [-0.39, 0.29) is 24.4 Å². The summed E-state index contributed by atoms with van der Waals surface area (Å²) in [5.41, 5.74) is 8.96. The van der Waals surface area contributed by atoms with Crippen molar-refractivity contribution in [3.8, 4) is 0 Å². The fourth-order valence-corrected chi connectivity index (χ4v) is 5.23. The van der Waals surface area contributed by atoms with Gasteiger partial charge in [-0.05, 0) is 60.2 Å². The first-order valence-electron chi connectivity index (χ1n) is 13.3. The Balaban J connectivity index is 1.63. The summed E-state index contributed by atoms with van der Waals surface area (Å²) >= 11 is 0. The van der Waals surface area contributed by atoms with Gasteiger partial charge in [0.2, 0.25) is 0 Å². The monoisotopic (exact) mass is 482 g/mol. The molecule has 36 heavy (non-hydrogen) atoms. The van der Waals surface area contributed by atoms with Crippen LogP contribution < -0.4 is 5.73 Å². The summed E-state index contributed by atoms with van der Waals surface area (Å²) in [6.07, 6.45) is 6.88. The minimum absolute atomic E-state index is 0.192. The number of ether oxygens (including phenoxy) is 1. The van der Waals surface area contributed by atoms with Crippen molar-refractivity contribution in [1.82, 2.24) is 4.98 Å². The van der Waals surface area contributed by atoms with Crippen molar-refractivity contribution in [1.29, 1.82) is 0 Å². The van der Waals surface area contributed by atoms with Gasteiger partial charge in [0.15, 0.2) is 0 Å². The third kappa shape index (κ3) is 6.30. The van der Waals surface area contributed by atoms with E-state index in [1.54, 1.807) is 0 Å². The van der Waals surface area contributed by atoms with Gasteiger partial charge < -0.3 is 10.5 Å². The number of benzene rings is 3. The number of carbonyl (C=O) groups excluding carboxylic acids is 1. The van der Waals surface area contributed by atoms with Crippen molar-refractivity contribution < 1.29 is 9.53 Å². The molecule has 0 aliphatic carbocycles. The molecule has 0 amide bonds. The second kappa shape index (κ2) is 12.6. The molecule has 4 heteroatoms. The van der Waals surface area contributed by atoms with Gasteiger partial charge in [0.25, 0.3) is 0 Å². The number of aromatic nitrogens is 1. The van der Waals surface area contributed by atoms with E-state index in [0.717, 1.165) is 59.5 Å². The highest BCUT2D eigenvalue weighted by molar-refractivity contribution is 5.85. The molecule has 0 fully saturated rings. The number of hydrogen-bond donors (Lipinski definition) is 1. The molecule has 0 aliphatic heterocycles. The fraction of sp³-hybridized carbons (Fsp3) is 0.375. The van der Waals surface area contributed by atoms with Gasteiger partial charge in [-0.25, -0.2) is 0 Å². The third-order valence-corrected chi connectivity index (χ3v) is 7.35. The highest BCUT2D eigenvalue weighted by Gasteiger charge is 2.28. The summed E-state index contributed by atoms with van der Waals surface area (Å²) in [6, 6.07) is 24.6. The topological polar surface area (TPSA) is 65.2 Å². The summed E-state index contributed by atoms with van der Waals surface area (Å²) in [7, 11) is 0. The Hall–Kier alpha value is -3.24. The van der Waals surface area contributed by atoms with Crippen LogP contribution in [-0.2, 0) is 16.0 Å². The maximum atomic E-state index is 13.4. The van der Waals surface area contributed by atoms with Crippen molar-refractivity contribution in [2.24, 2.45) is 17.6 Å². The Morgan fingerprint density at radius 2 is 1.69 bits per heavy atom. The second-order valence-electron chi connectivity index (χ2n) is 9.82. The second-order valence-corrected chi connectivity index (χ2v) is 9.82. The third-order valence-electron chi connectivity index (χ3n) is 7.35. The zero-order valence-electron chi connectivity index (χ0n) is 21.5. The first-order valence-corrected chi connectivity index (χ1v) is 13.3. The van der Waals surface area contributed by atoms with E-state index < -0.39 is 0 Å². The molecule has 4 nitrogen and oxygen atoms in total. The maximum Gasteiger partial charge on any atom is 0.310 e. The van der Waals surface area contributed by atoms with E-state index in [2.05, 4.69) is 49.2 Å². The molecular formula is C32H38N2O2. The predicted molar refractivity (Wildman–Crippen MR) is 149 cm³/mol. The summed E-state index contributed by atoms with van der Waals surface area (Å²) in [5, 5.41) is 3.36. The Labute approximate surface area is 214 Å². The van der Waals surface area contributed by atoms with Gasteiger partial charge in [-0.3, -0.25) is 9.78 Å². The van der Waals surface area contributed by atoms with E-state index >= 15 is 0 Å². The molecule has 0 radical (unpaired) electrons. The Bertz CT molecular complexity index is 1280. The molecule has 0 aliphatic rings. The molecule has 0 spiro atoms. The van der Waals surface area contributed by atoms with Crippen LogP contribution in [-0.4, -0.2) is 17.5 Å². The van der Waals surface area contributed by atoms with Crippen LogP contribution in [0.2, 0.25) is 0 Å². The van der Waals surface area contributed by atoms with E-state index in [1.807, 2.05) is 48.7 Å². The van der Waals surface area contributed by atoms with Crippen molar-refractivity contribution in [2.75, 3.05) is 6.54 Å². The van der Waals surface area contributed by atoms with Gasteiger partial charge >= 0.3 is 5.97 Å². The molecule has 188 valence electrons. The largest absolute Gasteiger partial charge is 0.457 e. The summed E-state index contributed by atoms with van der Waals surface area (Å²) in [6.45, 7) is 5.09. The number of nitrogens with zero attached hydrogens (tertiary/aromatic N) is 1. The van der Waals surface area contributed by atoms with Crippen LogP contribution in [0.15, 0.2) is 79.0 Å². The summed E-state index contributed by atoms with van der Waals surface area (Å²) in [5.74, 6) is 0.526. The van der Waals surface area contributed by atoms with Gasteiger partial charge in [-0.2, -0.15) is 0 Å². The zero-order valence-corrected chi connectivity index (χ0v) is 21.5. The number of nitrogens with two attached hydrogens (primary N) is 1. The molecule has 1 heterocycles. The Kier molecular flexibility index (Phi) is 9.07. The average molecular weight is 483 g/mol. The van der Waals surface area contributed by atoms with Gasteiger partial charge in [0.1, 0.15) is 6.10 Å². The van der Waals surface area contributed by atoms with Crippen LogP contribution in [0.5, 0.6) is 0 Å². The molecule has 0 saturated carbocycles. The van der Waals surface area contributed by atoms with Crippen LogP contribution in [0.3, 0.4) is 0 Å². The predicted octanol–water partition coefficient (Wildman–Crippen LogP) is 7.40. The van der Waals surface area contributed by atoms with Crippen molar-refractivity contribution >= 4 is 27.6 Å². The smallest absolute Gasteiger partial charge is 0.310 e. The summed E-state index contributed by atoms with van der Waals surface area (Å²) < 4.78 is 6.38. The molecule has 3 aromatic carbocycles. The van der Waals surface area contributed by atoms with Gasteiger partial charge in [-0.1, -0.05) is 87.4 Å². The number of carbonyl (C=O) groups is 1. The molecule has 3 unspecified atom stereocenters. The Morgan fingerprint density at radius 1 is 0.917 bits per heavy atom. The minimum Gasteiger partial charge on any atom is -0.457 e. The standard InChI is InChI=1S/C32H38N2O2/c1-3-9-26(17-14-23(4-2)22-33)32(29-18-19-34-30-13-8-7-12-28(29)30)36-31(35)21-24-15-16-25-10-5-6-11-27(25)20-24/h5-8,10-13,15-16,18-20,23,26,32H,3-4,9,14,17,21-22,33H2,1-2H3. The zero-order chi connectivity index (χ0) is 25.3. The lowest BCUT2D eigenvalue weighted by Crippen LogP contribution is -2.23. The van der Waals surface area contributed by atoms with E-state index in [1.165, 1.54) is 5.39 Å². The molecule has 4 rings (SSSR count). The number of rotatable bonds is 12. The van der Waals surface area contributed by atoms with Crippen molar-refractivity contribution in [2.45, 2.75) is 58.5 Å². The molecule has 3 atom stereocenters. The minimum atomic E-state index is -0.318.